The van der Waals surface area contributed by atoms with Crippen molar-refractivity contribution >= 4 is 23.2 Å². The van der Waals surface area contributed by atoms with Crippen molar-refractivity contribution in [2.45, 2.75) is 0 Å². The Bertz CT molecular complexity index is 1250. The van der Waals surface area contributed by atoms with Crippen molar-refractivity contribution in [3.8, 4) is 28.7 Å². The highest BCUT2D eigenvalue weighted by Crippen LogP contribution is 2.33. The number of anilines is 1. The zero-order valence-corrected chi connectivity index (χ0v) is 17.5. The fourth-order valence-corrected chi connectivity index (χ4v) is 3.02. The predicted molar refractivity (Wildman–Crippen MR) is 120 cm³/mol. The third-order valence-corrected chi connectivity index (χ3v) is 4.71. The predicted octanol–water partition coefficient (Wildman–Crippen LogP) is 6.01. The Labute approximate surface area is 188 Å². The number of aromatic nitrogens is 2. The van der Waals surface area contributed by atoms with Gasteiger partial charge in [0.1, 0.15) is 18.2 Å². The first-order chi connectivity index (χ1) is 15.5. The van der Waals surface area contributed by atoms with Crippen LogP contribution in [-0.2, 0) is 0 Å². The molecule has 1 amide bonds. The van der Waals surface area contributed by atoms with E-state index in [-0.39, 0.29) is 5.89 Å². The molecule has 32 heavy (non-hydrogen) atoms. The number of nitrogens with one attached hydrogen (secondary N) is 1. The number of ether oxygens (including phenoxy) is 1. The molecule has 1 heterocycles. The second-order valence-corrected chi connectivity index (χ2v) is 7.12. The molecule has 0 radical (unpaired) electrons. The standard InChI is InChI=1S/C24H17ClFN3O3/c1-2-13-31-19-11-12-21(27-22(30)15-5-9-18(26)10-6-15)20(14-19)24-29-28-23(32-24)16-3-7-17(25)8-4-16/h2-12,14H,1,13H2,(H,27,30). The van der Waals surface area contributed by atoms with Gasteiger partial charge in [-0.05, 0) is 66.7 Å². The van der Waals surface area contributed by atoms with E-state index >= 15 is 0 Å². The van der Waals surface area contributed by atoms with Gasteiger partial charge in [0.2, 0.25) is 11.8 Å². The fourth-order valence-electron chi connectivity index (χ4n) is 2.89. The van der Waals surface area contributed by atoms with Crippen molar-refractivity contribution in [1.29, 1.82) is 0 Å². The van der Waals surface area contributed by atoms with E-state index in [0.717, 1.165) is 0 Å². The van der Waals surface area contributed by atoms with E-state index in [1.165, 1.54) is 24.3 Å². The van der Waals surface area contributed by atoms with Gasteiger partial charge in [-0.3, -0.25) is 4.79 Å². The Morgan fingerprint density at radius 1 is 1.06 bits per heavy atom. The molecule has 4 aromatic rings. The lowest BCUT2D eigenvalue weighted by molar-refractivity contribution is 0.102. The Balaban J connectivity index is 1.68. The molecule has 1 N–H and O–H groups in total. The molecule has 0 aliphatic heterocycles. The van der Waals surface area contributed by atoms with Gasteiger partial charge in [-0.25, -0.2) is 4.39 Å². The van der Waals surface area contributed by atoms with Gasteiger partial charge in [0.15, 0.2) is 0 Å². The topological polar surface area (TPSA) is 77.2 Å². The van der Waals surface area contributed by atoms with Crippen molar-refractivity contribution in [3.63, 3.8) is 0 Å². The highest BCUT2D eigenvalue weighted by atomic mass is 35.5. The molecule has 6 nitrogen and oxygen atoms in total. The number of rotatable bonds is 7. The van der Waals surface area contributed by atoms with Crippen LogP contribution in [0.3, 0.4) is 0 Å². The summed E-state index contributed by atoms with van der Waals surface area (Å²) in [6, 6.07) is 17.3. The molecule has 0 saturated heterocycles. The Morgan fingerprint density at radius 2 is 1.78 bits per heavy atom. The van der Waals surface area contributed by atoms with Gasteiger partial charge in [0.05, 0.1) is 11.3 Å². The average molecular weight is 450 g/mol. The van der Waals surface area contributed by atoms with E-state index in [0.29, 0.717) is 45.6 Å². The first-order valence-electron chi connectivity index (χ1n) is 9.58. The number of hydrogen-bond donors (Lipinski definition) is 1. The maximum absolute atomic E-state index is 13.2. The van der Waals surface area contributed by atoms with Crippen molar-refractivity contribution in [2.75, 3.05) is 11.9 Å². The number of amides is 1. The molecule has 0 unspecified atom stereocenters. The van der Waals surface area contributed by atoms with Gasteiger partial charge >= 0.3 is 0 Å². The lowest BCUT2D eigenvalue weighted by Crippen LogP contribution is -2.12. The Kier molecular flexibility index (Phi) is 6.28. The second-order valence-electron chi connectivity index (χ2n) is 6.69. The number of halogens is 2. The van der Waals surface area contributed by atoms with Crippen LogP contribution >= 0.6 is 11.6 Å². The molecule has 0 fully saturated rings. The fraction of sp³-hybridized carbons (Fsp3) is 0.0417. The van der Waals surface area contributed by atoms with E-state index in [4.69, 9.17) is 20.8 Å². The minimum atomic E-state index is -0.424. The third kappa shape index (κ3) is 4.84. The number of nitrogens with zero attached hydrogens (tertiary/aromatic N) is 2. The summed E-state index contributed by atoms with van der Waals surface area (Å²) >= 11 is 5.94. The van der Waals surface area contributed by atoms with Gasteiger partial charge < -0.3 is 14.5 Å². The van der Waals surface area contributed by atoms with Gasteiger partial charge in [-0.15, -0.1) is 10.2 Å². The van der Waals surface area contributed by atoms with Crippen LogP contribution in [-0.4, -0.2) is 22.7 Å². The largest absolute Gasteiger partial charge is 0.490 e. The minimum absolute atomic E-state index is 0.188. The molecule has 0 aliphatic rings. The zero-order chi connectivity index (χ0) is 22.5. The normalized spacial score (nSPS) is 10.6. The van der Waals surface area contributed by atoms with Crippen LogP contribution < -0.4 is 10.1 Å². The molecule has 0 saturated carbocycles. The Morgan fingerprint density at radius 3 is 2.50 bits per heavy atom. The lowest BCUT2D eigenvalue weighted by Gasteiger charge is -2.11. The summed E-state index contributed by atoms with van der Waals surface area (Å²) < 4.78 is 24.6. The van der Waals surface area contributed by atoms with Crippen LogP contribution in [0.1, 0.15) is 10.4 Å². The molecule has 8 heteroatoms. The van der Waals surface area contributed by atoms with Crippen LogP contribution in [0.5, 0.6) is 5.75 Å². The smallest absolute Gasteiger partial charge is 0.255 e. The van der Waals surface area contributed by atoms with E-state index in [2.05, 4.69) is 22.1 Å². The molecule has 3 aromatic carbocycles. The first kappa shape index (κ1) is 21.3. The number of carbonyl (C=O) groups excluding carboxylic acids is 1. The lowest BCUT2D eigenvalue weighted by atomic mass is 10.1. The highest BCUT2D eigenvalue weighted by molar-refractivity contribution is 6.30. The minimum Gasteiger partial charge on any atom is -0.490 e. The monoisotopic (exact) mass is 449 g/mol. The molecule has 0 bridgehead atoms. The van der Waals surface area contributed by atoms with Crippen LogP contribution in [0.2, 0.25) is 5.02 Å². The summed E-state index contributed by atoms with van der Waals surface area (Å²) in [5.74, 6) is 0.180. The molecule has 0 spiro atoms. The number of carbonyl (C=O) groups is 1. The number of benzene rings is 3. The van der Waals surface area contributed by atoms with Gasteiger partial charge in [0, 0.05) is 16.1 Å². The molecule has 1 aromatic heterocycles. The molecular formula is C24H17ClFN3O3. The van der Waals surface area contributed by atoms with Crippen LogP contribution in [0.15, 0.2) is 83.8 Å². The van der Waals surface area contributed by atoms with Crippen LogP contribution in [0, 0.1) is 5.82 Å². The van der Waals surface area contributed by atoms with Crippen molar-refractivity contribution < 1.29 is 18.3 Å². The maximum Gasteiger partial charge on any atom is 0.255 e. The summed E-state index contributed by atoms with van der Waals surface area (Å²) in [5.41, 5.74) is 1.90. The molecule has 160 valence electrons. The van der Waals surface area contributed by atoms with Gasteiger partial charge in [0.25, 0.3) is 5.91 Å². The first-order valence-corrected chi connectivity index (χ1v) is 9.96. The van der Waals surface area contributed by atoms with E-state index in [9.17, 15) is 9.18 Å². The van der Waals surface area contributed by atoms with Gasteiger partial charge in [-0.2, -0.15) is 0 Å². The molecule has 0 atom stereocenters. The molecule has 0 aliphatic carbocycles. The Hall–Kier alpha value is -3.97. The highest BCUT2D eigenvalue weighted by Gasteiger charge is 2.17. The zero-order valence-electron chi connectivity index (χ0n) is 16.7. The van der Waals surface area contributed by atoms with Crippen molar-refractivity contribution in [2.24, 2.45) is 0 Å². The van der Waals surface area contributed by atoms with E-state index in [1.807, 2.05) is 0 Å². The quantitative estimate of drug-likeness (QED) is 0.349. The SMILES string of the molecule is C=CCOc1ccc(NC(=O)c2ccc(F)cc2)c(-c2nnc(-c3ccc(Cl)cc3)o2)c1. The second kappa shape index (κ2) is 9.45. The van der Waals surface area contributed by atoms with Crippen LogP contribution in [0.25, 0.3) is 22.9 Å². The summed E-state index contributed by atoms with van der Waals surface area (Å²) in [4.78, 5) is 12.7. The van der Waals surface area contributed by atoms with Crippen molar-refractivity contribution in [1.82, 2.24) is 10.2 Å². The van der Waals surface area contributed by atoms with E-state index in [1.54, 1.807) is 48.5 Å². The van der Waals surface area contributed by atoms with Gasteiger partial charge in [-0.1, -0.05) is 24.3 Å². The third-order valence-electron chi connectivity index (χ3n) is 4.46. The molecular weight excluding hydrogens is 433 g/mol. The van der Waals surface area contributed by atoms with E-state index < -0.39 is 11.7 Å². The summed E-state index contributed by atoms with van der Waals surface area (Å²) in [6.45, 7) is 3.94. The number of hydrogen-bond acceptors (Lipinski definition) is 5. The van der Waals surface area contributed by atoms with Crippen molar-refractivity contribution in [3.05, 3.63) is 95.8 Å². The summed E-state index contributed by atoms with van der Waals surface area (Å²) in [6.07, 6.45) is 1.62. The average Bonchev–Trinajstić information content (AvgIpc) is 3.29. The summed E-state index contributed by atoms with van der Waals surface area (Å²) in [5, 5.41) is 11.6. The molecule has 4 rings (SSSR count). The maximum atomic E-state index is 13.2. The van der Waals surface area contributed by atoms with Crippen LogP contribution in [0.4, 0.5) is 10.1 Å². The summed E-state index contributed by atoms with van der Waals surface area (Å²) in [7, 11) is 0.